The lowest BCUT2D eigenvalue weighted by atomic mass is 9.90. The molecule has 0 radical (unpaired) electrons. The van der Waals surface area contributed by atoms with Crippen molar-refractivity contribution in [1.82, 2.24) is 9.80 Å². The number of ether oxygens (including phenoxy) is 2. The number of carbonyl (C=O) groups excluding carboxylic acids is 3. The van der Waals surface area contributed by atoms with Gasteiger partial charge in [0.25, 0.3) is 0 Å². The van der Waals surface area contributed by atoms with E-state index in [1.165, 1.54) is 11.8 Å². The molecule has 0 aliphatic carbocycles. The number of nitrogens with zero attached hydrogens (tertiary/aromatic N) is 3. The van der Waals surface area contributed by atoms with Crippen LogP contribution in [0.1, 0.15) is 61.4 Å². The summed E-state index contributed by atoms with van der Waals surface area (Å²) in [7, 11) is 0. The molecule has 3 aliphatic heterocycles. The Labute approximate surface area is 251 Å². The lowest BCUT2D eigenvalue weighted by Crippen LogP contribution is -2.44. The van der Waals surface area contributed by atoms with Crippen molar-refractivity contribution < 1.29 is 23.9 Å². The highest BCUT2D eigenvalue weighted by Gasteiger charge is 2.42. The van der Waals surface area contributed by atoms with Gasteiger partial charge >= 0.3 is 11.9 Å². The fourth-order valence-electron chi connectivity index (χ4n) is 5.78. The largest absolute Gasteiger partial charge is 0.466 e. The number of allylic oxidation sites excluding steroid dienone is 1. The van der Waals surface area contributed by atoms with Crippen molar-refractivity contribution in [3.8, 4) is 0 Å². The number of thioether (sulfide) groups is 1. The van der Waals surface area contributed by atoms with E-state index in [1.54, 1.807) is 11.8 Å². The average Bonchev–Trinajstić information content (AvgIpc) is 3.37. The lowest BCUT2D eigenvalue weighted by molar-refractivity contribution is -0.151. The first-order valence-electron chi connectivity index (χ1n) is 14.4. The number of rotatable bonds is 8. The fraction of sp³-hybridized carbons (Fsp3) is 0.394. The third-order valence-corrected chi connectivity index (χ3v) is 8.77. The molecule has 1 amide bonds. The van der Waals surface area contributed by atoms with Crippen molar-refractivity contribution in [2.45, 2.75) is 59.6 Å². The number of hydrogen-bond acceptors (Lipinski definition) is 8. The Morgan fingerprint density at radius 3 is 2.57 bits per heavy atom. The Kier molecular flexibility index (Phi) is 9.16. The van der Waals surface area contributed by atoms with E-state index in [4.69, 9.17) is 14.5 Å². The third kappa shape index (κ3) is 6.31. The Morgan fingerprint density at radius 1 is 1.05 bits per heavy atom. The Balaban J connectivity index is 1.42. The van der Waals surface area contributed by atoms with Crippen LogP contribution in [-0.2, 0) is 30.5 Å². The minimum Gasteiger partial charge on any atom is -0.466 e. The van der Waals surface area contributed by atoms with Gasteiger partial charge in [0, 0.05) is 18.8 Å². The van der Waals surface area contributed by atoms with Gasteiger partial charge in [0.15, 0.2) is 5.17 Å². The number of esters is 2. The number of amides is 1. The van der Waals surface area contributed by atoms with Crippen LogP contribution in [-0.4, -0.2) is 52.5 Å². The number of hydrogen-bond donors (Lipinski definition) is 0. The summed E-state index contributed by atoms with van der Waals surface area (Å²) in [6.45, 7) is 9.15. The van der Waals surface area contributed by atoms with Gasteiger partial charge in [0.2, 0.25) is 5.91 Å². The van der Waals surface area contributed by atoms with Crippen LogP contribution in [0.5, 0.6) is 0 Å². The maximum Gasteiger partial charge on any atom is 0.338 e. The molecule has 3 heterocycles. The first kappa shape index (κ1) is 29.6. The zero-order chi connectivity index (χ0) is 29.8. The molecular weight excluding hydrogens is 550 g/mol. The molecule has 220 valence electrons. The van der Waals surface area contributed by atoms with Gasteiger partial charge in [0.05, 0.1) is 36.3 Å². The van der Waals surface area contributed by atoms with Crippen LogP contribution in [0.25, 0.3) is 0 Å². The summed E-state index contributed by atoms with van der Waals surface area (Å²) < 4.78 is 11.1. The summed E-state index contributed by atoms with van der Waals surface area (Å²) >= 11 is 1.45. The van der Waals surface area contributed by atoms with Gasteiger partial charge in [-0.2, -0.15) is 0 Å². The summed E-state index contributed by atoms with van der Waals surface area (Å²) in [5, 5.41) is 2.67. The number of likely N-dealkylation sites (tertiary alicyclic amines) is 1. The Morgan fingerprint density at radius 2 is 1.83 bits per heavy atom. The topological polar surface area (TPSA) is 88.5 Å². The van der Waals surface area contributed by atoms with Crippen molar-refractivity contribution in [3.05, 3.63) is 93.2 Å². The van der Waals surface area contributed by atoms with Crippen LogP contribution in [0.3, 0.4) is 0 Å². The smallest absolute Gasteiger partial charge is 0.338 e. The number of fused-ring (bicyclic) bond motifs is 1. The molecule has 2 aromatic rings. The first-order chi connectivity index (χ1) is 20.3. The van der Waals surface area contributed by atoms with E-state index >= 15 is 0 Å². The molecule has 0 aromatic heterocycles. The molecule has 2 aromatic carbocycles. The number of carbonyl (C=O) groups is 3. The molecule has 3 aliphatic rings. The number of aliphatic imine (C=N–C) groups is 1. The zero-order valence-corrected chi connectivity index (χ0v) is 25.4. The normalized spacial score (nSPS) is 20.1. The van der Waals surface area contributed by atoms with Gasteiger partial charge < -0.3 is 19.3 Å². The minimum atomic E-state index is -0.496. The Hall–Kier alpha value is -3.85. The maximum atomic E-state index is 13.7. The van der Waals surface area contributed by atoms with E-state index in [0.717, 1.165) is 46.0 Å². The summed E-state index contributed by atoms with van der Waals surface area (Å²) in [6, 6.07) is 15.3. The molecule has 1 saturated heterocycles. The average molecular weight is 588 g/mol. The third-order valence-electron chi connectivity index (χ3n) is 7.88. The summed E-state index contributed by atoms with van der Waals surface area (Å²) in [4.78, 5) is 48.3. The standard InChI is InChI=1S/C33H37N3O5S/c1-5-40-31(38)25-12-9-15-35(18-25)28(37)17-26-20-42-33-34-23(4)29(32(39)41-19-24-10-7-6-8-11-24)30(36(26)33)27-14-13-21(2)16-22(27)3/h6-8,10-11,13-14,16,20,25,30H,5,9,12,15,17-19H2,1-4H3/t25-,30-/m1/s1. The van der Waals surface area contributed by atoms with Crippen molar-refractivity contribution in [2.24, 2.45) is 10.9 Å². The second-order valence-corrected chi connectivity index (χ2v) is 11.8. The second-order valence-electron chi connectivity index (χ2n) is 10.9. The maximum absolute atomic E-state index is 13.7. The highest BCUT2D eigenvalue weighted by Crippen LogP contribution is 2.46. The van der Waals surface area contributed by atoms with E-state index in [-0.39, 0.29) is 30.8 Å². The predicted molar refractivity (Wildman–Crippen MR) is 163 cm³/mol. The highest BCUT2D eigenvalue weighted by atomic mass is 32.2. The van der Waals surface area contributed by atoms with Gasteiger partial charge in [0.1, 0.15) is 6.61 Å². The predicted octanol–water partition coefficient (Wildman–Crippen LogP) is 5.81. The molecule has 2 atom stereocenters. The fourth-order valence-corrected chi connectivity index (χ4v) is 6.75. The minimum absolute atomic E-state index is 0.0593. The van der Waals surface area contributed by atoms with Gasteiger partial charge in [-0.15, -0.1) is 0 Å². The number of benzene rings is 2. The Bertz CT molecular complexity index is 1470. The molecule has 0 saturated carbocycles. The second kappa shape index (κ2) is 13.0. The van der Waals surface area contributed by atoms with E-state index < -0.39 is 12.0 Å². The lowest BCUT2D eigenvalue weighted by Gasteiger charge is -2.38. The molecule has 9 heteroatoms. The number of amidine groups is 1. The van der Waals surface area contributed by atoms with Gasteiger partial charge in [-0.25, -0.2) is 9.79 Å². The molecular formula is C33H37N3O5S. The highest BCUT2D eigenvalue weighted by molar-refractivity contribution is 8.16. The van der Waals surface area contributed by atoms with Crippen molar-refractivity contribution in [2.75, 3.05) is 19.7 Å². The van der Waals surface area contributed by atoms with Crippen LogP contribution in [0, 0.1) is 19.8 Å². The molecule has 42 heavy (non-hydrogen) atoms. The quantitative estimate of drug-likeness (QED) is 0.360. The summed E-state index contributed by atoms with van der Waals surface area (Å²) in [5.41, 5.74) is 5.86. The van der Waals surface area contributed by atoms with Crippen molar-refractivity contribution in [1.29, 1.82) is 0 Å². The van der Waals surface area contributed by atoms with Crippen LogP contribution in [0.2, 0.25) is 0 Å². The van der Waals surface area contributed by atoms with Crippen LogP contribution < -0.4 is 0 Å². The van der Waals surface area contributed by atoms with E-state index in [2.05, 4.69) is 6.07 Å². The molecule has 0 unspecified atom stereocenters. The van der Waals surface area contributed by atoms with Gasteiger partial charge in [-0.3, -0.25) is 9.59 Å². The van der Waals surface area contributed by atoms with Gasteiger partial charge in [-0.05, 0) is 62.6 Å². The van der Waals surface area contributed by atoms with Crippen LogP contribution in [0.4, 0.5) is 0 Å². The molecule has 0 bridgehead atoms. The van der Waals surface area contributed by atoms with E-state index in [1.807, 2.05) is 73.5 Å². The monoisotopic (exact) mass is 587 g/mol. The molecule has 0 N–H and O–H groups in total. The summed E-state index contributed by atoms with van der Waals surface area (Å²) in [5.74, 6) is -1.04. The molecule has 0 spiro atoms. The van der Waals surface area contributed by atoms with E-state index in [0.29, 0.717) is 31.0 Å². The van der Waals surface area contributed by atoms with Crippen molar-refractivity contribution >= 4 is 34.8 Å². The zero-order valence-electron chi connectivity index (χ0n) is 24.6. The SMILES string of the molecule is CCOC(=O)[C@@H]1CCCN(C(=O)CC2=CSC3=NC(C)=C(C(=O)OCc4ccccc4)[C@@H](c4ccc(C)cc4C)N23)C1. The molecule has 5 rings (SSSR count). The first-order valence-corrected chi connectivity index (χ1v) is 15.3. The summed E-state index contributed by atoms with van der Waals surface area (Å²) in [6.07, 6.45) is 1.61. The number of piperidine rings is 1. The van der Waals surface area contributed by atoms with Crippen molar-refractivity contribution in [3.63, 3.8) is 0 Å². The molecule has 8 nitrogen and oxygen atoms in total. The molecule has 1 fully saturated rings. The van der Waals surface area contributed by atoms with E-state index in [9.17, 15) is 14.4 Å². The van der Waals surface area contributed by atoms with Gasteiger partial charge in [-0.1, -0.05) is 65.9 Å². The van der Waals surface area contributed by atoms with Crippen LogP contribution in [0.15, 0.2) is 75.9 Å². The number of aryl methyl sites for hydroxylation is 2. The van der Waals surface area contributed by atoms with Crippen LogP contribution >= 0.6 is 11.8 Å².